The molecular formula is C27H30N8O9. The second kappa shape index (κ2) is 13.1. The Hall–Kier alpha value is -5.73. The van der Waals surface area contributed by atoms with Gasteiger partial charge in [-0.25, -0.2) is 25.6 Å². The monoisotopic (exact) mass is 610 g/mol. The predicted octanol–water partition coefficient (Wildman–Crippen LogP) is 1.32. The van der Waals surface area contributed by atoms with Crippen molar-refractivity contribution in [3.63, 3.8) is 0 Å². The number of allylic oxidation sites excluding steroid dienone is 1. The zero-order chi connectivity index (χ0) is 32.9. The van der Waals surface area contributed by atoms with E-state index >= 15 is 0 Å². The zero-order valence-electron chi connectivity index (χ0n) is 24.0. The van der Waals surface area contributed by atoms with Crippen molar-refractivity contribution in [1.82, 2.24) is 5.01 Å². The van der Waals surface area contributed by atoms with Crippen LogP contribution in [-0.4, -0.2) is 61.8 Å². The Morgan fingerprint density at radius 1 is 1.20 bits per heavy atom. The van der Waals surface area contributed by atoms with Gasteiger partial charge in [-0.2, -0.15) is 5.26 Å². The minimum absolute atomic E-state index is 0.0643. The number of aliphatic imine (C=N–C) groups is 2. The predicted molar refractivity (Wildman–Crippen MR) is 154 cm³/mol. The minimum atomic E-state index is -1.92. The van der Waals surface area contributed by atoms with Gasteiger partial charge in [0.05, 0.1) is 27.8 Å². The number of nitrogens with zero attached hydrogens (tertiary/aromatic N) is 5. The molecule has 0 amide bonds. The number of nitriles is 1. The average Bonchev–Trinajstić information content (AvgIpc) is 2.89. The van der Waals surface area contributed by atoms with E-state index in [9.17, 15) is 35.2 Å². The maximum atomic E-state index is 12.8. The molecule has 17 heteroatoms. The Morgan fingerprint density at radius 3 is 2.43 bits per heavy atom. The molecule has 0 saturated heterocycles. The zero-order valence-corrected chi connectivity index (χ0v) is 24.0. The smallest absolute Gasteiger partial charge is 0.352 e. The van der Waals surface area contributed by atoms with E-state index in [4.69, 9.17) is 31.5 Å². The van der Waals surface area contributed by atoms with Crippen molar-refractivity contribution in [1.29, 1.82) is 5.26 Å². The van der Waals surface area contributed by atoms with Crippen LogP contribution in [-0.2, 0) is 9.53 Å². The number of carbonyl (C=O) groups excluding carboxylic acids is 1. The first kappa shape index (κ1) is 32.8. The lowest BCUT2D eigenvalue weighted by molar-refractivity contribution is -0.420. The molecule has 0 bridgehead atoms. The summed E-state index contributed by atoms with van der Waals surface area (Å²) in [7, 11) is 0. The number of hydrogen-bond donors (Lipinski definition) is 5. The number of aliphatic hydroxyl groups excluding tert-OH is 1. The highest BCUT2D eigenvalue weighted by Crippen LogP contribution is 2.31. The first-order chi connectivity index (χ1) is 20.5. The van der Waals surface area contributed by atoms with E-state index in [1.807, 2.05) is 6.07 Å². The van der Waals surface area contributed by atoms with Gasteiger partial charge in [-0.05, 0) is 58.0 Å². The normalized spacial score (nSPS) is 16.2. The van der Waals surface area contributed by atoms with Crippen LogP contribution in [0.5, 0.6) is 11.5 Å². The number of ether oxygens (including phenoxy) is 3. The second-order valence-corrected chi connectivity index (χ2v) is 10.3. The van der Waals surface area contributed by atoms with Crippen LogP contribution in [0.2, 0.25) is 0 Å². The van der Waals surface area contributed by atoms with Crippen LogP contribution in [0.1, 0.15) is 43.6 Å². The van der Waals surface area contributed by atoms with Gasteiger partial charge in [-0.15, -0.1) is 0 Å². The van der Waals surface area contributed by atoms with Crippen LogP contribution >= 0.6 is 0 Å². The molecule has 0 aromatic heterocycles. The third-order valence-corrected chi connectivity index (χ3v) is 5.65. The Kier molecular flexibility index (Phi) is 9.73. The maximum Gasteiger partial charge on any atom is 0.352 e. The third kappa shape index (κ3) is 7.76. The Morgan fingerprint density at radius 2 is 1.89 bits per heavy atom. The number of hydrazine groups is 1. The molecule has 3 unspecified atom stereocenters. The molecule has 2 aromatic rings. The van der Waals surface area contributed by atoms with E-state index in [-0.39, 0.29) is 34.3 Å². The highest BCUT2D eigenvalue weighted by atomic mass is 16.6. The summed E-state index contributed by atoms with van der Waals surface area (Å²) in [6.07, 6.45) is -3.34. The van der Waals surface area contributed by atoms with Gasteiger partial charge in [0.25, 0.3) is 12.2 Å². The maximum absolute atomic E-state index is 12.8. The molecule has 8 N–H and O–H groups in total. The van der Waals surface area contributed by atoms with Crippen LogP contribution in [0.4, 0.5) is 5.69 Å². The quantitative estimate of drug-likeness (QED) is 0.0633. The number of carbonyl (C=O) groups is 2. The van der Waals surface area contributed by atoms with Gasteiger partial charge in [-0.3, -0.25) is 14.9 Å². The molecule has 3 rings (SSSR count). The molecule has 232 valence electrons. The van der Waals surface area contributed by atoms with Crippen LogP contribution in [0, 0.1) is 27.4 Å². The molecule has 2 aromatic carbocycles. The summed E-state index contributed by atoms with van der Waals surface area (Å²) in [5.41, 5.74) is 8.19. The topological polar surface area (TPSA) is 275 Å². The number of aliphatic carboxylic acids is 1. The van der Waals surface area contributed by atoms with E-state index in [2.05, 4.69) is 9.98 Å². The minimum Gasteiger partial charge on any atom is -0.481 e. The number of nitrogens with two attached hydrogens (primary N) is 3. The Balaban J connectivity index is 2.18. The molecule has 0 spiro atoms. The molecule has 0 saturated carbocycles. The molecule has 1 heterocycles. The highest BCUT2D eigenvalue weighted by molar-refractivity contribution is 6.11. The second-order valence-electron chi connectivity index (χ2n) is 10.3. The number of hydrogen-bond acceptors (Lipinski definition) is 13. The summed E-state index contributed by atoms with van der Waals surface area (Å²) in [4.78, 5) is 44.3. The fourth-order valence-electron chi connectivity index (χ4n) is 3.90. The lowest BCUT2D eigenvalue weighted by atomic mass is 9.94. The standard InChI is InChI=1S/C27H30N8O9/c1-13(36)19(23(37)38)20-21(35(40)41)22(34(31)26(33-20)43-16-7-5-6-15(10-16)32-25(29)30)42-17-9-8-14(12-28)18(11-17)24(39)44-27(2,3)4/h5-11,13,19,26,36H,31H2,1-4H3,(H,37,38)(H4,29,30,32). The number of guanidine groups is 1. The number of benzene rings is 2. The van der Waals surface area contributed by atoms with Gasteiger partial charge in [0.1, 0.15) is 34.8 Å². The lowest BCUT2D eigenvalue weighted by Gasteiger charge is -2.32. The van der Waals surface area contributed by atoms with E-state index in [0.717, 1.165) is 13.0 Å². The summed E-state index contributed by atoms with van der Waals surface area (Å²) in [5, 5.41) is 42.6. The van der Waals surface area contributed by atoms with Gasteiger partial charge < -0.3 is 35.9 Å². The first-order valence-corrected chi connectivity index (χ1v) is 12.8. The summed E-state index contributed by atoms with van der Waals surface area (Å²) < 4.78 is 16.9. The molecular weight excluding hydrogens is 580 g/mol. The summed E-state index contributed by atoms with van der Waals surface area (Å²) in [5.74, 6) is 0.633. The van der Waals surface area contributed by atoms with Crippen molar-refractivity contribution >= 4 is 29.3 Å². The van der Waals surface area contributed by atoms with Crippen LogP contribution < -0.4 is 26.8 Å². The SMILES string of the molecule is CC(O)C(C(=O)O)C1=NC(Oc2cccc(N=C(N)N)c2)N(N)C(Oc2ccc(C#N)c(C(=O)OC(C)(C)C)c2)=C1[N+](=O)[O-]. The molecule has 3 atom stereocenters. The third-order valence-electron chi connectivity index (χ3n) is 5.65. The van der Waals surface area contributed by atoms with E-state index in [1.165, 1.54) is 30.3 Å². The number of esters is 1. The largest absolute Gasteiger partial charge is 0.481 e. The van der Waals surface area contributed by atoms with Gasteiger partial charge in [0.2, 0.25) is 0 Å². The van der Waals surface area contributed by atoms with Crippen molar-refractivity contribution in [2.45, 2.75) is 45.8 Å². The number of carboxylic acid groups (broad SMARTS) is 1. The van der Waals surface area contributed by atoms with E-state index in [0.29, 0.717) is 5.01 Å². The van der Waals surface area contributed by atoms with Crippen LogP contribution in [0.25, 0.3) is 0 Å². The van der Waals surface area contributed by atoms with Crippen molar-refractivity contribution in [3.8, 4) is 17.6 Å². The van der Waals surface area contributed by atoms with Gasteiger partial charge in [0.15, 0.2) is 5.96 Å². The lowest BCUT2D eigenvalue weighted by Crippen LogP contribution is -2.51. The highest BCUT2D eigenvalue weighted by Gasteiger charge is 2.46. The molecule has 44 heavy (non-hydrogen) atoms. The molecule has 1 aliphatic heterocycles. The molecule has 0 fully saturated rings. The number of aliphatic hydroxyl groups is 1. The van der Waals surface area contributed by atoms with Crippen molar-refractivity contribution < 1.29 is 38.9 Å². The molecule has 1 aliphatic rings. The van der Waals surface area contributed by atoms with Crippen molar-refractivity contribution in [3.05, 3.63) is 75.3 Å². The molecule has 0 radical (unpaired) electrons. The van der Waals surface area contributed by atoms with Crippen LogP contribution in [0.15, 0.2) is 64.0 Å². The van der Waals surface area contributed by atoms with Crippen molar-refractivity contribution in [2.24, 2.45) is 33.2 Å². The average molecular weight is 611 g/mol. The Labute approximate surface area is 250 Å². The molecule has 0 aliphatic carbocycles. The van der Waals surface area contributed by atoms with Crippen molar-refractivity contribution in [2.75, 3.05) is 0 Å². The summed E-state index contributed by atoms with van der Waals surface area (Å²) >= 11 is 0. The van der Waals surface area contributed by atoms with Gasteiger partial charge >= 0.3 is 17.6 Å². The molecule has 17 nitrogen and oxygen atoms in total. The fourth-order valence-corrected chi connectivity index (χ4v) is 3.90. The Bertz CT molecular complexity index is 1600. The summed E-state index contributed by atoms with van der Waals surface area (Å²) in [6.45, 7) is 5.97. The van der Waals surface area contributed by atoms with Gasteiger partial charge in [0, 0.05) is 6.07 Å². The van der Waals surface area contributed by atoms with E-state index < -0.39 is 58.1 Å². The fraction of sp³-hybridized carbons (Fsp3) is 0.296. The summed E-state index contributed by atoms with van der Waals surface area (Å²) in [6, 6.07) is 11.3. The number of carboxylic acids is 1. The first-order valence-electron chi connectivity index (χ1n) is 12.8. The number of rotatable bonds is 10. The van der Waals surface area contributed by atoms with Crippen LogP contribution in [0.3, 0.4) is 0 Å². The number of nitro groups is 1. The van der Waals surface area contributed by atoms with E-state index in [1.54, 1.807) is 26.8 Å². The van der Waals surface area contributed by atoms with Gasteiger partial charge in [-0.1, -0.05) is 6.07 Å².